The van der Waals surface area contributed by atoms with Gasteiger partial charge in [0.15, 0.2) is 0 Å². The zero-order valence-corrected chi connectivity index (χ0v) is 15.5. The molecule has 5 nitrogen and oxygen atoms in total. The smallest absolute Gasteiger partial charge is 0.239 e. The Morgan fingerprint density at radius 3 is 1.64 bits per heavy atom. The van der Waals surface area contributed by atoms with Crippen molar-refractivity contribution >= 4 is 40.5 Å². The Bertz CT molecular complexity index is 753. The fourth-order valence-electron chi connectivity index (χ4n) is 2.05. The van der Waals surface area contributed by atoms with Crippen molar-refractivity contribution in [1.82, 2.24) is 0 Å². The topological polar surface area (TPSA) is 61.4 Å². The van der Waals surface area contributed by atoms with Crippen LogP contribution in [0.15, 0.2) is 48.5 Å². The maximum Gasteiger partial charge on any atom is 0.239 e. The van der Waals surface area contributed by atoms with Gasteiger partial charge >= 0.3 is 0 Å². The van der Waals surface area contributed by atoms with E-state index in [2.05, 4.69) is 10.6 Å². The Morgan fingerprint density at radius 2 is 1.24 bits per heavy atom. The number of carbonyl (C=O) groups is 2. The van der Waals surface area contributed by atoms with Crippen LogP contribution in [0, 0.1) is 5.41 Å². The lowest BCUT2D eigenvalue weighted by Gasteiger charge is -2.23. The van der Waals surface area contributed by atoms with Crippen LogP contribution in [0.2, 0.25) is 5.02 Å². The molecule has 0 saturated carbocycles. The van der Waals surface area contributed by atoms with Crippen molar-refractivity contribution in [2.24, 2.45) is 5.41 Å². The van der Waals surface area contributed by atoms with Crippen LogP contribution in [-0.4, -0.2) is 25.9 Å². The van der Waals surface area contributed by atoms with Crippen molar-refractivity contribution in [3.05, 3.63) is 53.6 Å². The van der Waals surface area contributed by atoms with Gasteiger partial charge in [-0.05, 0) is 62.4 Å². The van der Waals surface area contributed by atoms with Gasteiger partial charge in [-0.15, -0.1) is 0 Å². The van der Waals surface area contributed by atoms with Gasteiger partial charge in [-0.3, -0.25) is 9.59 Å². The van der Waals surface area contributed by atoms with Crippen LogP contribution in [0.5, 0.6) is 0 Å². The number of carbonyl (C=O) groups excluding carboxylic acids is 2. The SMILES string of the molecule is CN(C)c1ccc(NC(=O)C(C)(C)C(=O)Nc2ccc(Cl)cc2)cc1. The van der Waals surface area contributed by atoms with E-state index in [1.807, 2.05) is 31.1 Å². The van der Waals surface area contributed by atoms with E-state index in [9.17, 15) is 9.59 Å². The molecule has 0 radical (unpaired) electrons. The molecule has 0 saturated heterocycles. The molecule has 0 aliphatic heterocycles. The minimum atomic E-state index is -1.24. The molecule has 6 heteroatoms. The van der Waals surface area contributed by atoms with Crippen LogP contribution in [0.3, 0.4) is 0 Å². The Balaban J connectivity index is 2.05. The Morgan fingerprint density at radius 1 is 0.840 bits per heavy atom. The average molecular weight is 360 g/mol. The van der Waals surface area contributed by atoms with E-state index in [0.29, 0.717) is 16.4 Å². The summed E-state index contributed by atoms with van der Waals surface area (Å²) in [7, 11) is 3.88. The van der Waals surface area contributed by atoms with Crippen LogP contribution in [-0.2, 0) is 9.59 Å². The molecule has 0 atom stereocenters. The van der Waals surface area contributed by atoms with E-state index in [1.54, 1.807) is 50.2 Å². The molecule has 0 spiro atoms. The average Bonchev–Trinajstić information content (AvgIpc) is 2.57. The summed E-state index contributed by atoms with van der Waals surface area (Å²) in [5.41, 5.74) is 1.02. The summed E-state index contributed by atoms with van der Waals surface area (Å²) >= 11 is 5.83. The van der Waals surface area contributed by atoms with Crippen molar-refractivity contribution in [3.63, 3.8) is 0 Å². The number of nitrogens with zero attached hydrogens (tertiary/aromatic N) is 1. The first-order valence-corrected chi connectivity index (χ1v) is 8.24. The van der Waals surface area contributed by atoms with Gasteiger partial charge < -0.3 is 15.5 Å². The minimum Gasteiger partial charge on any atom is -0.378 e. The molecule has 2 rings (SSSR count). The molecule has 2 aromatic carbocycles. The monoisotopic (exact) mass is 359 g/mol. The maximum atomic E-state index is 12.5. The van der Waals surface area contributed by atoms with Gasteiger partial charge in [-0.1, -0.05) is 11.6 Å². The van der Waals surface area contributed by atoms with Crippen molar-refractivity contribution in [1.29, 1.82) is 0 Å². The van der Waals surface area contributed by atoms with Crippen molar-refractivity contribution < 1.29 is 9.59 Å². The van der Waals surface area contributed by atoms with Gasteiger partial charge in [0.2, 0.25) is 11.8 Å². The van der Waals surface area contributed by atoms with E-state index in [4.69, 9.17) is 11.6 Å². The highest BCUT2D eigenvalue weighted by molar-refractivity contribution is 6.30. The zero-order chi connectivity index (χ0) is 18.6. The summed E-state index contributed by atoms with van der Waals surface area (Å²) in [4.78, 5) is 27.0. The van der Waals surface area contributed by atoms with Crippen LogP contribution < -0.4 is 15.5 Å². The van der Waals surface area contributed by atoms with Gasteiger partial charge in [0.1, 0.15) is 5.41 Å². The lowest BCUT2D eigenvalue weighted by Crippen LogP contribution is -2.41. The number of rotatable bonds is 5. The molecular weight excluding hydrogens is 338 g/mol. The van der Waals surface area contributed by atoms with E-state index in [0.717, 1.165) is 5.69 Å². The number of nitrogens with one attached hydrogen (secondary N) is 2. The first kappa shape index (κ1) is 18.8. The lowest BCUT2D eigenvalue weighted by molar-refractivity contribution is -0.135. The van der Waals surface area contributed by atoms with Gasteiger partial charge in [0.25, 0.3) is 0 Å². The third-order valence-corrected chi connectivity index (χ3v) is 4.13. The molecule has 0 aromatic heterocycles. The third-order valence-electron chi connectivity index (χ3n) is 3.88. The highest BCUT2D eigenvalue weighted by Crippen LogP contribution is 2.23. The predicted molar refractivity (Wildman–Crippen MR) is 103 cm³/mol. The normalized spacial score (nSPS) is 10.9. The molecule has 25 heavy (non-hydrogen) atoms. The quantitative estimate of drug-likeness (QED) is 0.793. The zero-order valence-electron chi connectivity index (χ0n) is 14.8. The van der Waals surface area contributed by atoms with Gasteiger partial charge in [-0.25, -0.2) is 0 Å². The van der Waals surface area contributed by atoms with Crippen LogP contribution in [0.1, 0.15) is 13.8 Å². The molecule has 0 bridgehead atoms. The fourth-order valence-corrected chi connectivity index (χ4v) is 2.18. The molecule has 0 heterocycles. The van der Waals surface area contributed by atoms with Crippen molar-refractivity contribution in [2.45, 2.75) is 13.8 Å². The number of halogens is 1. The Kier molecular flexibility index (Phi) is 5.69. The number of hydrogen-bond donors (Lipinski definition) is 2. The first-order valence-electron chi connectivity index (χ1n) is 7.86. The van der Waals surface area contributed by atoms with Crippen molar-refractivity contribution in [3.8, 4) is 0 Å². The van der Waals surface area contributed by atoms with Crippen LogP contribution >= 0.6 is 11.6 Å². The predicted octanol–water partition coefficient (Wildman–Crippen LogP) is 4.01. The summed E-state index contributed by atoms with van der Waals surface area (Å²) in [5, 5.41) is 6.10. The molecule has 0 aliphatic carbocycles. The van der Waals surface area contributed by atoms with Gasteiger partial charge in [0, 0.05) is 36.2 Å². The molecule has 2 N–H and O–H groups in total. The van der Waals surface area contributed by atoms with Gasteiger partial charge in [-0.2, -0.15) is 0 Å². The first-order chi connectivity index (χ1) is 11.7. The fraction of sp³-hybridized carbons (Fsp3) is 0.263. The molecule has 0 aliphatic rings. The lowest BCUT2D eigenvalue weighted by atomic mass is 9.90. The molecule has 0 unspecified atom stereocenters. The van der Waals surface area contributed by atoms with E-state index < -0.39 is 11.3 Å². The Labute approximate surface area is 153 Å². The second-order valence-electron chi connectivity index (χ2n) is 6.48. The minimum absolute atomic E-state index is 0.378. The number of anilines is 3. The van der Waals surface area contributed by atoms with Crippen LogP contribution in [0.25, 0.3) is 0 Å². The maximum absolute atomic E-state index is 12.5. The second kappa shape index (κ2) is 7.57. The van der Waals surface area contributed by atoms with Crippen LogP contribution in [0.4, 0.5) is 17.1 Å². The summed E-state index contributed by atoms with van der Waals surface area (Å²) in [5.74, 6) is -0.770. The summed E-state index contributed by atoms with van der Waals surface area (Å²) < 4.78 is 0. The number of benzene rings is 2. The standard InChI is InChI=1S/C19H22ClN3O2/c1-19(2,17(24)21-14-7-5-13(20)6-8-14)18(25)22-15-9-11-16(12-10-15)23(3)4/h5-12H,1-4H3,(H,21,24)(H,22,25). The molecule has 0 fully saturated rings. The Hall–Kier alpha value is -2.53. The highest BCUT2D eigenvalue weighted by Gasteiger charge is 2.36. The second-order valence-corrected chi connectivity index (χ2v) is 6.92. The summed E-state index contributed by atoms with van der Waals surface area (Å²) in [6.45, 7) is 3.17. The molecule has 132 valence electrons. The molecular formula is C19H22ClN3O2. The van der Waals surface area contributed by atoms with E-state index in [1.165, 1.54) is 0 Å². The number of amides is 2. The highest BCUT2D eigenvalue weighted by atomic mass is 35.5. The van der Waals surface area contributed by atoms with Crippen molar-refractivity contribution in [2.75, 3.05) is 29.6 Å². The third kappa shape index (κ3) is 4.73. The molecule has 2 amide bonds. The number of hydrogen-bond acceptors (Lipinski definition) is 3. The molecule has 2 aromatic rings. The summed E-state index contributed by atoms with van der Waals surface area (Å²) in [6.07, 6.45) is 0. The largest absolute Gasteiger partial charge is 0.378 e. The van der Waals surface area contributed by atoms with E-state index in [-0.39, 0.29) is 5.91 Å². The van der Waals surface area contributed by atoms with E-state index >= 15 is 0 Å². The summed E-state index contributed by atoms with van der Waals surface area (Å²) in [6, 6.07) is 14.1. The van der Waals surface area contributed by atoms with Gasteiger partial charge in [0.05, 0.1) is 0 Å².